The Morgan fingerprint density at radius 2 is 2.33 bits per heavy atom. The second-order valence-corrected chi connectivity index (χ2v) is 2.93. The predicted molar refractivity (Wildman–Crippen MR) is 36.2 cm³/mol. The van der Waals surface area contributed by atoms with Gasteiger partial charge in [0.15, 0.2) is 0 Å². The van der Waals surface area contributed by atoms with Crippen LogP contribution in [-0.2, 0) is 0 Å². The van der Waals surface area contributed by atoms with Gasteiger partial charge in [-0.1, -0.05) is 6.92 Å². The topological polar surface area (TPSA) is 12.0 Å². The third-order valence-corrected chi connectivity index (χ3v) is 1.79. The first-order chi connectivity index (χ1) is 4.29. The summed E-state index contributed by atoms with van der Waals surface area (Å²) < 4.78 is 12.7. The number of alkyl halides is 1. The van der Waals surface area contributed by atoms with Gasteiger partial charge in [-0.25, -0.2) is 4.39 Å². The molecule has 0 saturated carbocycles. The van der Waals surface area contributed by atoms with Crippen molar-refractivity contribution in [2.24, 2.45) is 5.92 Å². The Labute approximate surface area is 55.6 Å². The molecule has 1 aliphatic rings. The van der Waals surface area contributed by atoms with Crippen LogP contribution in [0, 0.1) is 5.92 Å². The van der Waals surface area contributed by atoms with Crippen molar-refractivity contribution in [3.8, 4) is 0 Å². The molecule has 1 nitrogen and oxygen atoms in total. The normalized spacial score (nSPS) is 38.0. The number of hydrogen-bond acceptors (Lipinski definition) is 1. The quantitative estimate of drug-likeness (QED) is 0.523. The van der Waals surface area contributed by atoms with Crippen molar-refractivity contribution >= 4 is 0 Å². The Hall–Kier alpha value is -0.110. The molecule has 1 fully saturated rings. The first-order valence-electron chi connectivity index (χ1n) is 3.64. The van der Waals surface area contributed by atoms with Crippen LogP contribution in [0.3, 0.4) is 0 Å². The summed E-state index contributed by atoms with van der Waals surface area (Å²) in [5.74, 6) is 0.516. The van der Waals surface area contributed by atoms with E-state index in [1.165, 1.54) is 0 Å². The summed E-state index contributed by atoms with van der Waals surface area (Å²) >= 11 is 0. The van der Waals surface area contributed by atoms with Crippen LogP contribution in [0.5, 0.6) is 0 Å². The number of nitrogens with one attached hydrogen (secondary N) is 1. The lowest BCUT2D eigenvalue weighted by atomic mass is 10.1. The van der Waals surface area contributed by atoms with Crippen LogP contribution in [0.25, 0.3) is 0 Å². The Morgan fingerprint density at radius 1 is 1.56 bits per heavy atom. The first-order valence-corrected chi connectivity index (χ1v) is 3.64. The van der Waals surface area contributed by atoms with Crippen molar-refractivity contribution in [3.05, 3.63) is 0 Å². The Bertz CT molecular complexity index is 75.0. The van der Waals surface area contributed by atoms with Crippen LogP contribution in [0.2, 0.25) is 0 Å². The molecule has 9 heavy (non-hydrogen) atoms. The smallest absolute Gasteiger partial charge is 0.102 e. The summed E-state index contributed by atoms with van der Waals surface area (Å²) in [4.78, 5) is 0. The second-order valence-electron chi connectivity index (χ2n) is 2.93. The van der Waals surface area contributed by atoms with E-state index in [-0.39, 0.29) is 0 Å². The molecule has 2 unspecified atom stereocenters. The van der Waals surface area contributed by atoms with E-state index in [0.29, 0.717) is 12.3 Å². The van der Waals surface area contributed by atoms with Crippen LogP contribution >= 0.6 is 0 Å². The van der Waals surface area contributed by atoms with E-state index < -0.39 is 6.17 Å². The van der Waals surface area contributed by atoms with Gasteiger partial charge in [0.2, 0.25) is 0 Å². The van der Waals surface area contributed by atoms with Crippen LogP contribution in [-0.4, -0.2) is 19.3 Å². The van der Waals surface area contributed by atoms with Gasteiger partial charge in [-0.05, 0) is 31.8 Å². The van der Waals surface area contributed by atoms with Crippen molar-refractivity contribution in [2.75, 3.05) is 13.1 Å². The highest BCUT2D eigenvalue weighted by Crippen LogP contribution is 2.13. The van der Waals surface area contributed by atoms with Gasteiger partial charge >= 0.3 is 0 Å². The molecule has 0 aromatic carbocycles. The molecule has 2 heteroatoms. The fourth-order valence-corrected chi connectivity index (χ4v) is 1.24. The summed E-state index contributed by atoms with van der Waals surface area (Å²) in [6.45, 7) is 3.93. The lowest BCUT2D eigenvalue weighted by molar-refractivity contribution is 0.282. The lowest BCUT2D eigenvalue weighted by Gasteiger charge is -2.06. The monoisotopic (exact) mass is 131 g/mol. The van der Waals surface area contributed by atoms with Crippen molar-refractivity contribution in [1.29, 1.82) is 0 Å². The van der Waals surface area contributed by atoms with E-state index in [4.69, 9.17) is 0 Å². The number of rotatable bonds is 0. The number of hydrogen-bond donors (Lipinski definition) is 1. The van der Waals surface area contributed by atoms with E-state index in [1.54, 1.807) is 0 Å². The van der Waals surface area contributed by atoms with Gasteiger partial charge in [0.25, 0.3) is 0 Å². The van der Waals surface area contributed by atoms with Crippen LogP contribution in [0.15, 0.2) is 0 Å². The molecule has 0 bridgehead atoms. The minimum Gasteiger partial charge on any atom is -0.316 e. The van der Waals surface area contributed by atoms with Crippen molar-refractivity contribution < 1.29 is 4.39 Å². The van der Waals surface area contributed by atoms with Crippen LogP contribution < -0.4 is 5.32 Å². The van der Waals surface area contributed by atoms with Gasteiger partial charge < -0.3 is 5.32 Å². The van der Waals surface area contributed by atoms with Gasteiger partial charge in [0, 0.05) is 0 Å². The molecule has 0 aliphatic carbocycles. The first kappa shape index (κ1) is 7.00. The van der Waals surface area contributed by atoms with Gasteiger partial charge in [-0.3, -0.25) is 0 Å². The molecule has 0 spiro atoms. The van der Waals surface area contributed by atoms with Crippen LogP contribution in [0.4, 0.5) is 4.39 Å². The van der Waals surface area contributed by atoms with E-state index in [0.717, 1.165) is 19.5 Å². The standard InChI is InChI=1S/C7H14FN/c1-6-4-7(8)2-3-9-5-6/h6-7,9H,2-5H2,1H3. The average molecular weight is 131 g/mol. The second kappa shape index (κ2) is 3.16. The molecular formula is C7H14FN. The third kappa shape index (κ3) is 2.31. The highest BCUT2D eigenvalue weighted by Gasteiger charge is 2.14. The summed E-state index contributed by atoms with van der Waals surface area (Å²) in [7, 11) is 0. The molecule has 0 amide bonds. The molecule has 0 aromatic heterocycles. The maximum Gasteiger partial charge on any atom is 0.102 e. The third-order valence-electron chi connectivity index (χ3n) is 1.79. The van der Waals surface area contributed by atoms with Gasteiger partial charge in [0.05, 0.1) is 0 Å². The molecule has 1 rings (SSSR count). The zero-order valence-electron chi connectivity index (χ0n) is 5.86. The molecule has 54 valence electrons. The highest BCUT2D eigenvalue weighted by molar-refractivity contribution is 4.69. The van der Waals surface area contributed by atoms with E-state index in [2.05, 4.69) is 12.2 Å². The summed E-state index contributed by atoms with van der Waals surface area (Å²) in [5.41, 5.74) is 0. The number of halogens is 1. The Kier molecular flexibility index (Phi) is 2.46. The molecule has 1 heterocycles. The van der Waals surface area contributed by atoms with E-state index >= 15 is 0 Å². The Morgan fingerprint density at radius 3 is 3.11 bits per heavy atom. The minimum atomic E-state index is -0.560. The van der Waals surface area contributed by atoms with E-state index in [1.807, 2.05) is 0 Å². The molecule has 0 radical (unpaired) electrons. The maximum absolute atomic E-state index is 12.7. The average Bonchev–Trinajstić information content (AvgIpc) is 1.93. The van der Waals surface area contributed by atoms with Crippen molar-refractivity contribution in [3.63, 3.8) is 0 Å². The summed E-state index contributed by atoms with van der Waals surface area (Å²) in [5, 5.41) is 3.19. The fraction of sp³-hybridized carbons (Fsp3) is 1.00. The zero-order chi connectivity index (χ0) is 6.69. The van der Waals surface area contributed by atoms with E-state index in [9.17, 15) is 4.39 Å². The zero-order valence-corrected chi connectivity index (χ0v) is 5.86. The minimum absolute atomic E-state index is 0.516. The lowest BCUT2D eigenvalue weighted by Crippen LogP contribution is -2.18. The molecule has 2 atom stereocenters. The highest BCUT2D eigenvalue weighted by atomic mass is 19.1. The van der Waals surface area contributed by atoms with Crippen molar-refractivity contribution in [2.45, 2.75) is 25.9 Å². The van der Waals surface area contributed by atoms with Gasteiger partial charge in [-0.2, -0.15) is 0 Å². The van der Waals surface area contributed by atoms with Crippen molar-refractivity contribution in [1.82, 2.24) is 5.32 Å². The van der Waals surface area contributed by atoms with Crippen LogP contribution in [0.1, 0.15) is 19.8 Å². The Balaban J connectivity index is 2.29. The summed E-state index contributed by atoms with van der Waals surface area (Å²) in [6.07, 6.45) is 0.882. The van der Waals surface area contributed by atoms with Gasteiger partial charge in [-0.15, -0.1) is 0 Å². The SMILES string of the molecule is CC1CNCCC(F)C1. The molecule has 1 N–H and O–H groups in total. The summed E-state index contributed by atoms with van der Waals surface area (Å²) in [6, 6.07) is 0. The molecule has 0 aromatic rings. The maximum atomic E-state index is 12.7. The fourth-order valence-electron chi connectivity index (χ4n) is 1.24. The molecular weight excluding hydrogens is 117 g/mol. The predicted octanol–water partition coefficient (Wildman–Crippen LogP) is 1.34. The van der Waals surface area contributed by atoms with Gasteiger partial charge in [0.1, 0.15) is 6.17 Å². The molecule has 1 aliphatic heterocycles. The largest absolute Gasteiger partial charge is 0.316 e. The molecule has 1 saturated heterocycles.